The number of hydrogen-bond donors (Lipinski definition) is 0. The van der Waals surface area contributed by atoms with Gasteiger partial charge in [-0.15, -0.1) is 4.91 Å². The van der Waals surface area contributed by atoms with Gasteiger partial charge in [0.2, 0.25) is 0 Å². The molecule has 0 aliphatic carbocycles. The number of carbonyl (C=O) groups excluding carboxylic acids is 1. The van der Waals surface area contributed by atoms with Crippen LogP contribution >= 0.6 is 0 Å². The van der Waals surface area contributed by atoms with Crippen molar-refractivity contribution < 1.29 is 9.53 Å². The second-order valence-electron chi connectivity index (χ2n) is 1.98. The van der Waals surface area contributed by atoms with Crippen molar-refractivity contribution in [3.8, 4) is 0 Å². The summed E-state index contributed by atoms with van der Waals surface area (Å²) in [6.45, 7) is 7.92. The number of rotatable bonds is 4. The van der Waals surface area contributed by atoms with Crippen LogP contribution in [0.2, 0.25) is 0 Å². The van der Waals surface area contributed by atoms with E-state index in [1.54, 1.807) is 0 Å². The van der Waals surface area contributed by atoms with Crippen molar-refractivity contribution >= 4 is 5.97 Å². The van der Waals surface area contributed by atoms with E-state index in [9.17, 15) is 9.70 Å². The van der Waals surface area contributed by atoms with Crippen LogP contribution in [0.4, 0.5) is 0 Å². The van der Waals surface area contributed by atoms with Crippen LogP contribution in [0.5, 0.6) is 0 Å². The quantitative estimate of drug-likeness (QED) is 0.278. The first-order valence-electron chi connectivity index (χ1n) is 3.14. The van der Waals surface area contributed by atoms with Crippen molar-refractivity contribution in [2.24, 2.45) is 5.18 Å². The molecule has 0 unspecified atom stereocenters. The smallest absolute Gasteiger partial charge is 0.308 e. The van der Waals surface area contributed by atoms with Gasteiger partial charge in [-0.2, -0.15) is 0 Å². The largest absolute Gasteiger partial charge is 0.427 e. The zero-order chi connectivity index (χ0) is 9.56. The van der Waals surface area contributed by atoms with Crippen molar-refractivity contribution in [1.29, 1.82) is 0 Å². The van der Waals surface area contributed by atoms with Gasteiger partial charge in [-0.3, -0.25) is 4.79 Å². The number of esters is 1. The van der Waals surface area contributed by atoms with Crippen LogP contribution in [0.25, 0.3) is 0 Å². The van der Waals surface area contributed by atoms with E-state index < -0.39 is 5.97 Å². The maximum Gasteiger partial charge on any atom is 0.308 e. The summed E-state index contributed by atoms with van der Waals surface area (Å²) in [6.07, 6.45) is 2.64. The Morgan fingerprint density at radius 3 is 2.42 bits per heavy atom. The van der Waals surface area contributed by atoms with E-state index in [4.69, 9.17) is 0 Å². The fourth-order valence-electron chi connectivity index (χ4n) is 0.438. The summed E-state index contributed by atoms with van der Waals surface area (Å²) < 4.78 is 4.54. The van der Waals surface area contributed by atoms with Crippen LogP contribution in [0.3, 0.4) is 0 Å². The molecule has 0 aromatic rings. The third-order valence-corrected chi connectivity index (χ3v) is 0.854. The Labute approximate surface area is 70.2 Å². The lowest BCUT2D eigenvalue weighted by molar-refractivity contribution is -0.136. The molecule has 0 aromatic heterocycles. The molecule has 64 valence electrons. The summed E-state index contributed by atoms with van der Waals surface area (Å²) in [5.74, 6) is -0.318. The van der Waals surface area contributed by atoms with E-state index in [2.05, 4.69) is 23.1 Å². The maximum absolute atomic E-state index is 10.3. The monoisotopic (exact) mass is 167 g/mol. The van der Waals surface area contributed by atoms with Crippen LogP contribution in [-0.2, 0) is 9.53 Å². The van der Waals surface area contributed by atoms with Gasteiger partial charge in [-0.25, -0.2) is 0 Å². The van der Waals surface area contributed by atoms with Gasteiger partial charge in [-0.05, 0) is 17.3 Å². The molecule has 0 fully saturated rings. The number of nitroso groups, excluding NO2 is 1. The van der Waals surface area contributed by atoms with E-state index in [0.29, 0.717) is 0 Å². The Morgan fingerprint density at radius 1 is 1.42 bits per heavy atom. The summed E-state index contributed by atoms with van der Waals surface area (Å²) in [7, 11) is 0. The summed E-state index contributed by atoms with van der Waals surface area (Å²) in [5.41, 5.74) is 0.0447. The van der Waals surface area contributed by atoms with Gasteiger partial charge < -0.3 is 4.74 Å². The number of allylic oxidation sites excluding steroid dienone is 2. The van der Waals surface area contributed by atoms with E-state index in [1.165, 1.54) is 19.1 Å². The second kappa shape index (κ2) is 5.01. The van der Waals surface area contributed by atoms with Crippen LogP contribution in [0.1, 0.15) is 6.92 Å². The highest BCUT2D eigenvalue weighted by molar-refractivity contribution is 5.67. The Hall–Kier alpha value is -1.71. The molecule has 4 heteroatoms. The third-order valence-electron chi connectivity index (χ3n) is 0.854. The molecule has 0 heterocycles. The highest BCUT2D eigenvalue weighted by Gasteiger charge is 1.93. The van der Waals surface area contributed by atoms with E-state index in [0.717, 1.165) is 0 Å². The zero-order valence-electron chi connectivity index (χ0n) is 6.74. The SMILES string of the molecule is C=C(/C=C\C(=C)OC(C)=O)N=O. The van der Waals surface area contributed by atoms with Gasteiger partial charge in [0.05, 0.1) is 0 Å². The lowest BCUT2D eigenvalue weighted by Crippen LogP contribution is -1.94. The lowest BCUT2D eigenvalue weighted by atomic mass is 10.4. The van der Waals surface area contributed by atoms with Crippen LogP contribution in [0.15, 0.2) is 41.9 Å². The Kier molecular flexibility index (Phi) is 4.30. The van der Waals surface area contributed by atoms with E-state index >= 15 is 0 Å². The standard InChI is InChI=1S/C8H9NO3/c1-6(9-11)4-5-7(2)12-8(3)10/h4-5H,1-2H2,3H3/b5-4-. The molecule has 0 amide bonds. The fourth-order valence-corrected chi connectivity index (χ4v) is 0.438. The molecule has 0 atom stereocenters. The van der Waals surface area contributed by atoms with Gasteiger partial charge >= 0.3 is 5.97 Å². The molecule has 0 spiro atoms. The van der Waals surface area contributed by atoms with E-state index in [1.807, 2.05) is 0 Å². The second-order valence-corrected chi connectivity index (χ2v) is 1.98. The predicted octanol–water partition coefficient (Wildman–Crippen LogP) is 1.90. The summed E-state index contributed by atoms with van der Waals surface area (Å²) in [4.78, 5) is 20.1. The molecular formula is C8H9NO3. The number of hydrogen-bond acceptors (Lipinski definition) is 4. The van der Waals surface area contributed by atoms with E-state index in [-0.39, 0.29) is 11.5 Å². The zero-order valence-corrected chi connectivity index (χ0v) is 6.74. The number of ether oxygens (including phenoxy) is 1. The number of nitrogens with zero attached hydrogens (tertiary/aromatic N) is 1. The van der Waals surface area contributed by atoms with Gasteiger partial charge in [0.15, 0.2) is 0 Å². The highest BCUT2D eigenvalue weighted by Crippen LogP contribution is 2.00. The molecule has 0 aliphatic rings. The molecule has 0 N–H and O–H groups in total. The normalized spacial score (nSPS) is 9.42. The highest BCUT2D eigenvalue weighted by atomic mass is 16.5. The molecule has 0 saturated carbocycles. The minimum Gasteiger partial charge on any atom is -0.427 e. The van der Waals surface area contributed by atoms with Gasteiger partial charge in [0, 0.05) is 6.92 Å². The Morgan fingerprint density at radius 2 is 2.00 bits per heavy atom. The molecule has 0 aromatic carbocycles. The van der Waals surface area contributed by atoms with Crippen LogP contribution in [-0.4, -0.2) is 5.97 Å². The van der Waals surface area contributed by atoms with Crippen LogP contribution < -0.4 is 0 Å². The van der Waals surface area contributed by atoms with Gasteiger partial charge in [-0.1, -0.05) is 13.2 Å². The van der Waals surface area contributed by atoms with Crippen molar-refractivity contribution in [3.05, 3.63) is 41.7 Å². The van der Waals surface area contributed by atoms with Crippen molar-refractivity contribution in [3.63, 3.8) is 0 Å². The molecule has 4 nitrogen and oxygen atoms in total. The first-order valence-corrected chi connectivity index (χ1v) is 3.14. The third kappa shape index (κ3) is 5.10. The molecular weight excluding hydrogens is 158 g/mol. The first kappa shape index (κ1) is 10.3. The molecule has 0 saturated heterocycles. The summed E-state index contributed by atoms with van der Waals surface area (Å²) in [5, 5.41) is 2.53. The Balaban J connectivity index is 4.00. The summed E-state index contributed by atoms with van der Waals surface area (Å²) in [6, 6.07) is 0. The van der Waals surface area contributed by atoms with Crippen LogP contribution in [0, 0.1) is 4.91 Å². The van der Waals surface area contributed by atoms with Gasteiger partial charge in [0.25, 0.3) is 0 Å². The Bertz CT molecular complexity index is 253. The molecule has 0 rings (SSSR count). The van der Waals surface area contributed by atoms with Crippen molar-refractivity contribution in [1.82, 2.24) is 0 Å². The molecule has 0 bridgehead atoms. The minimum absolute atomic E-state index is 0.0447. The average molecular weight is 167 g/mol. The minimum atomic E-state index is -0.464. The predicted molar refractivity (Wildman–Crippen MR) is 45.0 cm³/mol. The molecule has 0 aliphatic heterocycles. The topological polar surface area (TPSA) is 55.7 Å². The lowest BCUT2D eigenvalue weighted by Gasteiger charge is -1.96. The first-order chi connectivity index (χ1) is 5.56. The summed E-state index contributed by atoms with van der Waals surface area (Å²) >= 11 is 0. The maximum atomic E-state index is 10.3. The fraction of sp³-hybridized carbons (Fsp3) is 0.125. The van der Waals surface area contributed by atoms with Crippen molar-refractivity contribution in [2.45, 2.75) is 6.92 Å². The number of carbonyl (C=O) groups is 1. The van der Waals surface area contributed by atoms with Gasteiger partial charge in [0.1, 0.15) is 11.5 Å². The molecule has 0 radical (unpaired) electrons. The molecule has 12 heavy (non-hydrogen) atoms. The van der Waals surface area contributed by atoms with Crippen molar-refractivity contribution in [2.75, 3.05) is 0 Å². The average Bonchev–Trinajstić information content (AvgIpc) is 1.99.